The largest absolute Gasteiger partial charge is 0.418 e. The van der Waals surface area contributed by atoms with Gasteiger partial charge >= 0.3 is 6.18 Å². The van der Waals surface area contributed by atoms with Gasteiger partial charge in [0.25, 0.3) is 0 Å². The molecular weight excluding hydrogens is 219 g/mol. The quantitative estimate of drug-likeness (QED) is 0.730. The minimum absolute atomic E-state index is 0.120. The maximum absolute atomic E-state index is 13.0. The first-order valence-corrected chi connectivity index (χ1v) is 3.94. The van der Waals surface area contributed by atoms with Gasteiger partial charge in [-0.3, -0.25) is 0 Å². The third-order valence-corrected chi connectivity index (χ3v) is 1.88. The zero-order valence-electron chi connectivity index (χ0n) is 7.57. The molecule has 0 bridgehead atoms. The van der Waals surface area contributed by atoms with Crippen LogP contribution in [0.25, 0.3) is 0 Å². The standard InChI is InChI=1S/C9H7F5O/c1-4-2-7(11)5(3-6(4)10)8(15)9(12,13)14/h2-3,8,15H,1H3/t8-/m0/s1. The van der Waals surface area contributed by atoms with Crippen LogP contribution in [-0.2, 0) is 0 Å². The lowest BCUT2D eigenvalue weighted by Gasteiger charge is -2.15. The minimum atomic E-state index is -5.01. The molecule has 0 heterocycles. The second-order valence-corrected chi connectivity index (χ2v) is 3.07. The third-order valence-electron chi connectivity index (χ3n) is 1.88. The summed E-state index contributed by atoms with van der Waals surface area (Å²) in [4.78, 5) is 0. The molecule has 6 heteroatoms. The highest BCUT2D eigenvalue weighted by atomic mass is 19.4. The zero-order chi connectivity index (χ0) is 11.8. The molecule has 0 saturated carbocycles. The van der Waals surface area contributed by atoms with E-state index in [1.54, 1.807) is 0 Å². The van der Waals surface area contributed by atoms with E-state index in [0.29, 0.717) is 12.1 Å². The Morgan fingerprint density at radius 1 is 1.13 bits per heavy atom. The summed E-state index contributed by atoms with van der Waals surface area (Å²) in [6.07, 6.45) is -8.02. The van der Waals surface area contributed by atoms with Crippen LogP contribution >= 0.6 is 0 Å². The molecular formula is C9H7F5O. The summed E-state index contributed by atoms with van der Waals surface area (Å²) in [5.41, 5.74) is -1.23. The molecule has 0 aliphatic carbocycles. The van der Waals surface area contributed by atoms with Crippen molar-refractivity contribution in [1.29, 1.82) is 0 Å². The van der Waals surface area contributed by atoms with Crippen molar-refractivity contribution in [1.82, 2.24) is 0 Å². The van der Waals surface area contributed by atoms with Crippen molar-refractivity contribution in [3.05, 3.63) is 34.9 Å². The first kappa shape index (κ1) is 11.9. The van der Waals surface area contributed by atoms with Crippen LogP contribution in [0, 0.1) is 18.6 Å². The van der Waals surface area contributed by atoms with Gasteiger partial charge in [0.2, 0.25) is 0 Å². The molecule has 1 nitrogen and oxygen atoms in total. The number of aliphatic hydroxyl groups is 1. The Bertz CT molecular complexity index is 372. The highest BCUT2D eigenvalue weighted by Gasteiger charge is 2.41. The van der Waals surface area contributed by atoms with Crippen molar-refractivity contribution in [2.24, 2.45) is 0 Å². The summed E-state index contributed by atoms with van der Waals surface area (Å²) >= 11 is 0. The Balaban J connectivity index is 3.21. The van der Waals surface area contributed by atoms with E-state index in [9.17, 15) is 22.0 Å². The molecule has 1 rings (SSSR count). The van der Waals surface area contributed by atoms with E-state index in [1.165, 1.54) is 6.92 Å². The lowest BCUT2D eigenvalue weighted by atomic mass is 10.1. The van der Waals surface area contributed by atoms with Crippen LogP contribution in [0.1, 0.15) is 17.2 Å². The van der Waals surface area contributed by atoms with Crippen molar-refractivity contribution in [2.75, 3.05) is 0 Å². The van der Waals surface area contributed by atoms with Crippen molar-refractivity contribution in [3.8, 4) is 0 Å². The van der Waals surface area contributed by atoms with E-state index in [-0.39, 0.29) is 5.56 Å². The van der Waals surface area contributed by atoms with Crippen LogP contribution in [0.5, 0.6) is 0 Å². The van der Waals surface area contributed by atoms with Gasteiger partial charge in [0.05, 0.1) is 0 Å². The molecule has 0 radical (unpaired) electrons. The summed E-state index contributed by atoms with van der Waals surface area (Å²) in [6, 6.07) is 0.961. The van der Waals surface area contributed by atoms with Crippen molar-refractivity contribution in [3.63, 3.8) is 0 Å². The highest BCUT2D eigenvalue weighted by Crippen LogP contribution is 2.34. The SMILES string of the molecule is Cc1cc(F)c([C@H](O)C(F)(F)F)cc1F. The Labute approximate surface area is 82.1 Å². The molecule has 1 atom stereocenters. The second-order valence-electron chi connectivity index (χ2n) is 3.07. The molecule has 0 aromatic heterocycles. The number of halogens is 5. The molecule has 84 valence electrons. The molecule has 0 spiro atoms. The van der Waals surface area contributed by atoms with Gasteiger partial charge in [0.15, 0.2) is 6.10 Å². The minimum Gasteiger partial charge on any atom is -0.379 e. The summed E-state index contributed by atoms with van der Waals surface area (Å²) in [5, 5.41) is 8.72. The number of hydrogen-bond donors (Lipinski definition) is 1. The molecule has 0 fully saturated rings. The van der Waals surface area contributed by atoms with Gasteiger partial charge in [0.1, 0.15) is 11.6 Å². The van der Waals surface area contributed by atoms with E-state index in [2.05, 4.69) is 0 Å². The van der Waals surface area contributed by atoms with Gasteiger partial charge in [0, 0.05) is 5.56 Å². The number of hydrogen-bond acceptors (Lipinski definition) is 1. The molecule has 0 aliphatic rings. The molecule has 15 heavy (non-hydrogen) atoms. The fourth-order valence-corrected chi connectivity index (χ4v) is 1.05. The molecule has 0 unspecified atom stereocenters. The molecule has 1 aromatic rings. The van der Waals surface area contributed by atoms with E-state index < -0.39 is 29.5 Å². The normalized spacial score (nSPS) is 14.1. The first-order chi connectivity index (χ1) is 6.73. The molecule has 1 N–H and O–H groups in total. The van der Waals surface area contributed by atoms with Crippen LogP contribution in [0.15, 0.2) is 12.1 Å². The first-order valence-electron chi connectivity index (χ1n) is 3.94. The van der Waals surface area contributed by atoms with Gasteiger partial charge in [-0.2, -0.15) is 13.2 Å². The van der Waals surface area contributed by atoms with Gasteiger partial charge in [-0.05, 0) is 24.6 Å². The predicted octanol–water partition coefficient (Wildman–Crippen LogP) is 2.87. The van der Waals surface area contributed by atoms with Crippen molar-refractivity contribution in [2.45, 2.75) is 19.2 Å². The fourth-order valence-electron chi connectivity index (χ4n) is 1.05. The molecule has 0 aliphatic heterocycles. The predicted molar refractivity (Wildman–Crippen MR) is 42.1 cm³/mol. The average molecular weight is 226 g/mol. The smallest absolute Gasteiger partial charge is 0.379 e. The number of benzene rings is 1. The topological polar surface area (TPSA) is 20.2 Å². The monoisotopic (exact) mass is 226 g/mol. The van der Waals surface area contributed by atoms with Gasteiger partial charge in [-0.1, -0.05) is 0 Å². The Morgan fingerprint density at radius 3 is 2.13 bits per heavy atom. The summed E-state index contributed by atoms with van der Waals surface area (Å²) in [7, 11) is 0. The summed E-state index contributed by atoms with van der Waals surface area (Å²) < 4.78 is 61.9. The molecule has 1 aromatic carbocycles. The third kappa shape index (κ3) is 2.44. The van der Waals surface area contributed by atoms with Gasteiger partial charge in [-0.15, -0.1) is 0 Å². The number of aryl methyl sites for hydroxylation is 1. The molecule has 0 saturated heterocycles. The number of rotatable bonds is 1. The summed E-state index contributed by atoms with van der Waals surface area (Å²) in [5.74, 6) is -2.27. The van der Waals surface area contributed by atoms with Crippen LogP contribution in [0.2, 0.25) is 0 Å². The number of alkyl halides is 3. The van der Waals surface area contributed by atoms with Crippen LogP contribution in [0.4, 0.5) is 22.0 Å². The van der Waals surface area contributed by atoms with Crippen LogP contribution in [0.3, 0.4) is 0 Å². The Morgan fingerprint density at radius 2 is 1.67 bits per heavy atom. The number of aliphatic hydroxyl groups excluding tert-OH is 1. The lowest BCUT2D eigenvalue weighted by Crippen LogP contribution is -2.21. The second kappa shape index (κ2) is 3.77. The van der Waals surface area contributed by atoms with E-state index in [1.807, 2.05) is 0 Å². The van der Waals surface area contributed by atoms with E-state index in [4.69, 9.17) is 5.11 Å². The van der Waals surface area contributed by atoms with Gasteiger partial charge in [-0.25, -0.2) is 8.78 Å². The molecule has 0 amide bonds. The Kier molecular flexibility index (Phi) is 2.99. The average Bonchev–Trinajstić information content (AvgIpc) is 2.08. The lowest BCUT2D eigenvalue weighted by molar-refractivity contribution is -0.207. The Hall–Kier alpha value is -1.17. The van der Waals surface area contributed by atoms with Crippen LogP contribution in [-0.4, -0.2) is 11.3 Å². The van der Waals surface area contributed by atoms with Crippen molar-refractivity contribution >= 4 is 0 Å². The summed E-state index contributed by atoms with van der Waals surface area (Å²) in [6.45, 7) is 1.21. The van der Waals surface area contributed by atoms with Crippen molar-refractivity contribution < 1.29 is 27.1 Å². The fraction of sp³-hybridized carbons (Fsp3) is 0.333. The van der Waals surface area contributed by atoms with E-state index >= 15 is 0 Å². The zero-order valence-corrected chi connectivity index (χ0v) is 7.57. The highest BCUT2D eigenvalue weighted by molar-refractivity contribution is 5.27. The van der Waals surface area contributed by atoms with Crippen LogP contribution < -0.4 is 0 Å². The van der Waals surface area contributed by atoms with E-state index in [0.717, 1.165) is 0 Å². The maximum atomic E-state index is 13.0. The maximum Gasteiger partial charge on any atom is 0.418 e. The van der Waals surface area contributed by atoms with Gasteiger partial charge < -0.3 is 5.11 Å².